The van der Waals surface area contributed by atoms with Crippen molar-refractivity contribution < 1.29 is 19.5 Å². The molecule has 0 radical (unpaired) electrons. The largest absolute Gasteiger partial charge is 0.384 e. The number of likely N-dealkylation sites (N-methyl/N-ethyl adjacent to an activating group) is 1. The van der Waals surface area contributed by atoms with Crippen molar-refractivity contribution in [3.05, 3.63) is 12.2 Å². The van der Waals surface area contributed by atoms with Crippen molar-refractivity contribution in [3.8, 4) is 0 Å². The van der Waals surface area contributed by atoms with Gasteiger partial charge in [0.25, 0.3) is 0 Å². The lowest BCUT2D eigenvalue weighted by Crippen LogP contribution is -2.48. The van der Waals surface area contributed by atoms with E-state index in [9.17, 15) is 15.0 Å². The van der Waals surface area contributed by atoms with Crippen LogP contribution in [-0.2, 0) is 4.79 Å². The van der Waals surface area contributed by atoms with Crippen LogP contribution >= 0.6 is 0 Å². The zero-order chi connectivity index (χ0) is 11.5. The number of hydrogen-bond donors (Lipinski definition) is 2. The molecule has 0 aliphatic rings. The first kappa shape index (κ1) is 13.3. The molecule has 0 aromatic carbocycles. The van der Waals surface area contributed by atoms with Gasteiger partial charge in [0.2, 0.25) is 0 Å². The fraction of sp³-hybridized carbons (Fsp3) is 0.700. The Morgan fingerprint density at radius 1 is 1.36 bits per heavy atom. The predicted molar refractivity (Wildman–Crippen MR) is 54.7 cm³/mol. The second-order valence-corrected chi connectivity index (χ2v) is 4.63. The van der Waals surface area contributed by atoms with Gasteiger partial charge in [-0.2, -0.15) is 0 Å². The molecule has 0 amide bonds. The van der Waals surface area contributed by atoms with E-state index in [0.717, 1.165) is 0 Å². The molecular formula is C10H20NO3+. The van der Waals surface area contributed by atoms with Crippen molar-refractivity contribution in [2.45, 2.75) is 19.1 Å². The normalized spacial score (nSPS) is 16.1. The van der Waals surface area contributed by atoms with Crippen molar-refractivity contribution in [1.29, 1.82) is 0 Å². The average Bonchev–Trinajstić information content (AvgIpc) is 1.98. The Kier molecular flexibility index (Phi) is 4.45. The Hall–Kier alpha value is -0.710. The number of aliphatic hydroxyl groups excluding tert-OH is 2. The summed E-state index contributed by atoms with van der Waals surface area (Å²) in [7, 11) is 5.63. The second-order valence-electron chi connectivity index (χ2n) is 4.63. The van der Waals surface area contributed by atoms with Crippen molar-refractivity contribution in [2.24, 2.45) is 0 Å². The minimum atomic E-state index is -1.36. The van der Waals surface area contributed by atoms with Crippen LogP contribution in [-0.4, -0.2) is 60.4 Å². The van der Waals surface area contributed by atoms with E-state index in [1.54, 1.807) is 0 Å². The number of quaternary nitrogens is 1. The maximum Gasteiger partial charge on any atom is 0.189 e. The van der Waals surface area contributed by atoms with Crippen LogP contribution in [0.4, 0.5) is 0 Å². The maximum absolute atomic E-state index is 11.3. The predicted octanol–water partition coefficient (Wildman–Crippen LogP) is -0.440. The van der Waals surface area contributed by atoms with E-state index in [-0.39, 0.29) is 5.57 Å². The van der Waals surface area contributed by atoms with Crippen molar-refractivity contribution >= 4 is 5.78 Å². The number of aliphatic hydroxyl groups is 2. The number of Topliss-reactive ketones (excluding diaryl/α,β-unsaturated/α-hetero) is 1. The molecule has 0 heterocycles. The summed E-state index contributed by atoms with van der Waals surface area (Å²) in [5.74, 6) is -0.494. The van der Waals surface area contributed by atoms with Crippen LogP contribution in [0, 0.1) is 0 Å². The summed E-state index contributed by atoms with van der Waals surface area (Å²) in [6.07, 6.45) is -2.40. The summed E-state index contributed by atoms with van der Waals surface area (Å²) in [5, 5.41) is 19.0. The molecule has 0 aromatic heterocycles. The lowest BCUT2D eigenvalue weighted by Gasteiger charge is -2.28. The molecule has 82 valence electrons. The average molecular weight is 202 g/mol. The number of carbonyl (C=O) groups is 1. The van der Waals surface area contributed by atoms with Gasteiger partial charge in [0.15, 0.2) is 5.78 Å². The molecule has 4 heteroatoms. The number of hydrogen-bond acceptors (Lipinski definition) is 3. The van der Waals surface area contributed by atoms with Crippen LogP contribution in [0.15, 0.2) is 12.2 Å². The Balaban J connectivity index is 4.33. The molecule has 14 heavy (non-hydrogen) atoms. The zero-order valence-corrected chi connectivity index (χ0v) is 9.32. The van der Waals surface area contributed by atoms with Crippen molar-refractivity contribution in [2.75, 3.05) is 27.7 Å². The first-order valence-electron chi connectivity index (χ1n) is 4.51. The molecule has 0 aromatic rings. The summed E-state index contributed by atoms with van der Waals surface area (Å²) < 4.78 is 0.488. The minimum absolute atomic E-state index is 0.262. The summed E-state index contributed by atoms with van der Waals surface area (Å²) in [5.41, 5.74) is 0.262. The molecule has 2 atom stereocenters. The van der Waals surface area contributed by atoms with Gasteiger partial charge in [-0.15, -0.1) is 0 Å². The van der Waals surface area contributed by atoms with Gasteiger partial charge in [0, 0.05) is 0 Å². The van der Waals surface area contributed by atoms with Crippen LogP contribution in [0.3, 0.4) is 0 Å². The molecule has 2 N–H and O–H groups in total. The van der Waals surface area contributed by atoms with E-state index in [2.05, 4.69) is 6.58 Å². The summed E-state index contributed by atoms with van der Waals surface area (Å²) in [6.45, 7) is 5.27. The summed E-state index contributed by atoms with van der Waals surface area (Å²) in [4.78, 5) is 11.3. The Labute approximate surface area is 85.1 Å². The highest BCUT2D eigenvalue weighted by Crippen LogP contribution is 2.05. The van der Waals surface area contributed by atoms with E-state index >= 15 is 0 Å². The highest BCUT2D eigenvalue weighted by molar-refractivity contribution is 5.97. The molecule has 0 saturated heterocycles. The zero-order valence-electron chi connectivity index (χ0n) is 9.32. The maximum atomic E-state index is 11.3. The third kappa shape index (κ3) is 4.50. The highest BCUT2D eigenvalue weighted by atomic mass is 16.3. The minimum Gasteiger partial charge on any atom is -0.384 e. The van der Waals surface area contributed by atoms with Gasteiger partial charge >= 0.3 is 0 Å². The van der Waals surface area contributed by atoms with E-state index in [1.165, 1.54) is 6.92 Å². The molecule has 0 aliphatic heterocycles. The van der Waals surface area contributed by atoms with Gasteiger partial charge in [-0.3, -0.25) is 4.79 Å². The fourth-order valence-electron chi connectivity index (χ4n) is 1.09. The Morgan fingerprint density at radius 3 is 2.07 bits per heavy atom. The summed E-state index contributed by atoms with van der Waals surface area (Å²) >= 11 is 0. The lowest BCUT2D eigenvalue weighted by atomic mass is 10.0. The van der Waals surface area contributed by atoms with E-state index in [4.69, 9.17) is 0 Å². The number of carbonyl (C=O) groups excluding carboxylic acids is 1. The number of nitrogens with zero attached hydrogens (tertiary/aromatic N) is 1. The summed E-state index contributed by atoms with van der Waals surface area (Å²) in [6, 6.07) is 0. The van der Waals surface area contributed by atoms with Crippen LogP contribution < -0.4 is 0 Å². The van der Waals surface area contributed by atoms with E-state index in [0.29, 0.717) is 11.0 Å². The Bertz CT molecular complexity index is 230. The van der Waals surface area contributed by atoms with Crippen molar-refractivity contribution in [3.63, 3.8) is 0 Å². The number of rotatable bonds is 5. The van der Waals surface area contributed by atoms with E-state index < -0.39 is 18.0 Å². The second kappa shape index (κ2) is 4.68. The van der Waals surface area contributed by atoms with Crippen LogP contribution in [0.1, 0.15) is 6.92 Å². The molecule has 0 fully saturated rings. The molecule has 4 nitrogen and oxygen atoms in total. The van der Waals surface area contributed by atoms with E-state index in [1.807, 2.05) is 21.1 Å². The standard InChI is InChI=1S/C10H20NO3/c1-7(2)9(13)10(14)8(12)6-11(3,4)5/h8,10,12,14H,1,6H2,2-5H3/q+1. The highest BCUT2D eigenvalue weighted by Gasteiger charge is 2.28. The Morgan fingerprint density at radius 2 is 1.79 bits per heavy atom. The van der Waals surface area contributed by atoms with Gasteiger partial charge in [-0.1, -0.05) is 6.58 Å². The monoisotopic (exact) mass is 202 g/mol. The lowest BCUT2D eigenvalue weighted by molar-refractivity contribution is -0.873. The molecule has 0 aliphatic carbocycles. The van der Waals surface area contributed by atoms with Crippen LogP contribution in [0.25, 0.3) is 0 Å². The molecule has 2 unspecified atom stereocenters. The van der Waals surface area contributed by atoms with Crippen LogP contribution in [0.5, 0.6) is 0 Å². The van der Waals surface area contributed by atoms with Crippen LogP contribution in [0.2, 0.25) is 0 Å². The third-order valence-corrected chi connectivity index (χ3v) is 1.79. The SMILES string of the molecule is C=C(C)C(=O)C(O)C(O)C[N+](C)(C)C. The smallest absolute Gasteiger partial charge is 0.189 e. The molecule has 0 saturated carbocycles. The molecule has 0 rings (SSSR count). The first-order valence-corrected chi connectivity index (χ1v) is 4.51. The van der Waals surface area contributed by atoms with Gasteiger partial charge < -0.3 is 14.7 Å². The molecule has 0 bridgehead atoms. The third-order valence-electron chi connectivity index (χ3n) is 1.79. The topological polar surface area (TPSA) is 57.5 Å². The van der Waals surface area contributed by atoms with Gasteiger partial charge in [-0.25, -0.2) is 0 Å². The fourth-order valence-corrected chi connectivity index (χ4v) is 1.09. The first-order chi connectivity index (χ1) is 6.15. The van der Waals surface area contributed by atoms with Gasteiger partial charge in [-0.05, 0) is 12.5 Å². The van der Waals surface area contributed by atoms with Gasteiger partial charge in [0.1, 0.15) is 18.8 Å². The quantitative estimate of drug-likeness (QED) is 0.469. The molecule has 0 spiro atoms. The van der Waals surface area contributed by atoms with Gasteiger partial charge in [0.05, 0.1) is 21.1 Å². The van der Waals surface area contributed by atoms with Crippen molar-refractivity contribution in [1.82, 2.24) is 0 Å². The number of ketones is 1. The molecular weight excluding hydrogens is 182 g/mol.